The summed E-state index contributed by atoms with van der Waals surface area (Å²) in [6.45, 7) is -0.396. The summed E-state index contributed by atoms with van der Waals surface area (Å²) < 4.78 is 0. The van der Waals surface area contributed by atoms with Crippen LogP contribution in [0.25, 0.3) is 0 Å². The van der Waals surface area contributed by atoms with Gasteiger partial charge in [0.25, 0.3) is 0 Å². The van der Waals surface area contributed by atoms with E-state index in [-0.39, 0.29) is 19.3 Å². The van der Waals surface area contributed by atoms with Crippen LogP contribution in [0.4, 0.5) is 0 Å². The molecule has 0 aromatic heterocycles. The highest BCUT2D eigenvalue weighted by atomic mass is 32.2. The number of amides is 4. The van der Waals surface area contributed by atoms with Gasteiger partial charge in [-0.05, 0) is 44.2 Å². The van der Waals surface area contributed by atoms with Crippen molar-refractivity contribution in [2.75, 3.05) is 25.2 Å². The van der Waals surface area contributed by atoms with Gasteiger partial charge < -0.3 is 43.4 Å². The lowest BCUT2D eigenvalue weighted by Crippen LogP contribution is -2.57. The van der Waals surface area contributed by atoms with E-state index >= 15 is 0 Å². The van der Waals surface area contributed by atoms with Crippen LogP contribution >= 0.6 is 11.8 Å². The summed E-state index contributed by atoms with van der Waals surface area (Å²) in [6.07, 6.45) is 3.35. The minimum atomic E-state index is -1.59. The van der Waals surface area contributed by atoms with Crippen molar-refractivity contribution in [2.24, 2.45) is 17.2 Å². The van der Waals surface area contributed by atoms with E-state index in [0.29, 0.717) is 31.6 Å². The Morgan fingerprint density at radius 2 is 1.42 bits per heavy atom. The standard InChI is InChI=1S/C19H36N6O7S/c1-33-9-7-13(23-16(28)11(21)4-2-3-8-20)18(30)24-12(5-6-15(22)27)17(29)25-14(10-26)19(31)32/h11-14,26H,2-10,20-21H2,1H3,(H2,22,27)(H,23,28)(H,24,30)(H,25,29)(H,31,32). The van der Waals surface area contributed by atoms with Crippen molar-refractivity contribution < 1.29 is 34.2 Å². The van der Waals surface area contributed by atoms with Crippen LogP contribution in [0, 0.1) is 0 Å². The Bertz CT molecular complexity index is 667. The Balaban J connectivity index is 5.35. The molecule has 0 radical (unpaired) electrons. The maximum Gasteiger partial charge on any atom is 0.328 e. The number of aliphatic hydroxyl groups is 1. The molecule has 13 nitrogen and oxygen atoms in total. The predicted octanol–water partition coefficient (Wildman–Crippen LogP) is -3.01. The van der Waals surface area contributed by atoms with Crippen molar-refractivity contribution in [3.63, 3.8) is 0 Å². The third kappa shape index (κ3) is 13.0. The van der Waals surface area contributed by atoms with Gasteiger partial charge in [0, 0.05) is 6.42 Å². The summed E-state index contributed by atoms with van der Waals surface area (Å²) in [4.78, 5) is 60.0. The molecule has 0 heterocycles. The van der Waals surface area contributed by atoms with E-state index in [1.54, 1.807) is 0 Å². The number of carbonyl (C=O) groups excluding carboxylic acids is 4. The minimum absolute atomic E-state index is 0.202. The zero-order chi connectivity index (χ0) is 25.4. The van der Waals surface area contributed by atoms with Crippen LogP contribution in [0.15, 0.2) is 0 Å². The summed E-state index contributed by atoms with van der Waals surface area (Å²) >= 11 is 1.44. The number of hydrogen-bond donors (Lipinski definition) is 8. The van der Waals surface area contributed by atoms with Crippen LogP contribution in [0.5, 0.6) is 0 Å². The smallest absolute Gasteiger partial charge is 0.328 e. The summed E-state index contributed by atoms with van der Waals surface area (Å²) in [7, 11) is 0. The van der Waals surface area contributed by atoms with Gasteiger partial charge in [-0.3, -0.25) is 19.2 Å². The quantitative estimate of drug-likeness (QED) is 0.0901. The lowest BCUT2D eigenvalue weighted by Gasteiger charge is -2.24. The molecule has 11 N–H and O–H groups in total. The molecule has 4 atom stereocenters. The Labute approximate surface area is 196 Å². The second kappa shape index (κ2) is 17.1. The van der Waals surface area contributed by atoms with E-state index in [9.17, 15) is 24.0 Å². The van der Waals surface area contributed by atoms with Gasteiger partial charge in [0.05, 0.1) is 12.6 Å². The highest BCUT2D eigenvalue weighted by Gasteiger charge is 2.30. The molecular formula is C19H36N6O7S. The van der Waals surface area contributed by atoms with E-state index in [1.807, 2.05) is 6.26 Å². The van der Waals surface area contributed by atoms with Gasteiger partial charge in [-0.1, -0.05) is 6.42 Å². The fourth-order valence-corrected chi connectivity index (χ4v) is 3.18. The van der Waals surface area contributed by atoms with Gasteiger partial charge in [0.1, 0.15) is 18.1 Å². The minimum Gasteiger partial charge on any atom is -0.480 e. The van der Waals surface area contributed by atoms with E-state index in [4.69, 9.17) is 27.4 Å². The highest BCUT2D eigenvalue weighted by Crippen LogP contribution is 2.06. The van der Waals surface area contributed by atoms with Crippen LogP contribution in [0.3, 0.4) is 0 Å². The van der Waals surface area contributed by atoms with Gasteiger partial charge in [-0.25, -0.2) is 4.79 Å². The van der Waals surface area contributed by atoms with Crippen molar-refractivity contribution >= 4 is 41.4 Å². The normalized spacial score (nSPS) is 14.4. The van der Waals surface area contributed by atoms with Gasteiger partial charge >= 0.3 is 5.97 Å². The van der Waals surface area contributed by atoms with E-state index < -0.39 is 60.4 Å². The monoisotopic (exact) mass is 492 g/mol. The molecule has 0 bridgehead atoms. The zero-order valence-electron chi connectivity index (χ0n) is 18.7. The first-order valence-corrected chi connectivity index (χ1v) is 11.9. The Hall–Kier alpha value is -2.42. The molecule has 0 aliphatic carbocycles. The van der Waals surface area contributed by atoms with Gasteiger partial charge in [0.2, 0.25) is 23.6 Å². The van der Waals surface area contributed by atoms with E-state index in [0.717, 1.165) is 0 Å². The van der Waals surface area contributed by atoms with Gasteiger partial charge in [0.15, 0.2) is 0 Å². The predicted molar refractivity (Wildman–Crippen MR) is 123 cm³/mol. The van der Waals surface area contributed by atoms with Crippen molar-refractivity contribution in [3.8, 4) is 0 Å². The number of carboxylic acid groups (broad SMARTS) is 1. The first kappa shape index (κ1) is 30.6. The Morgan fingerprint density at radius 1 is 0.879 bits per heavy atom. The number of aliphatic hydroxyl groups excluding tert-OH is 1. The summed E-state index contributed by atoms with van der Waals surface area (Å²) in [5, 5.41) is 25.2. The van der Waals surface area contributed by atoms with Gasteiger partial charge in [-0.2, -0.15) is 11.8 Å². The molecule has 0 fully saturated rings. The number of rotatable bonds is 18. The molecule has 0 aromatic carbocycles. The maximum absolute atomic E-state index is 12.9. The molecule has 33 heavy (non-hydrogen) atoms. The van der Waals surface area contributed by atoms with Crippen molar-refractivity contribution in [3.05, 3.63) is 0 Å². The lowest BCUT2D eigenvalue weighted by atomic mass is 10.1. The first-order valence-electron chi connectivity index (χ1n) is 10.5. The highest BCUT2D eigenvalue weighted by molar-refractivity contribution is 7.98. The molecular weight excluding hydrogens is 456 g/mol. The van der Waals surface area contributed by atoms with Crippen molar-refractivity contribution in [2.45, 2.75) is 62.7 Å². The summed E-state index contributed by atoms with van der Waals surface area (Å²) in [5.41, 5.74) is 16.4. The van der Waals surface area contributed by atoms with Crippen LogP contribution in [0.1, 0.15) is 38.5 Å². The maximum atomic E-state index is 12.9. The molecule has 190 valence electrons. The molecule has 0 aromatic rings. The first-order chi connectivity index (χ1) is 15.6. The van der Waals surface area contributed by atoms with Gasteiger partial charge in [-0.15, -0.1) is 0 Å². The van der Waals surface area contributed by atoms with Crippen molar-refractivity contribution in [1.29, 1.82) is 0 Å². The lowest BCUT2D eigenvalue weighted by molar-refractivity contribution is -0.143. The second-order valence-electron chi connectivity index (χ2n) is 7.38. The number of unbranched alkanes of at least 4 members (excludes halogenated alkanes) is 1. The molecule has 0 rings (SSSR count). The zero-order valence-corrected chi connectivity index (χ0v) is 19.6. The Morgan fingerprint density at radius 3 is 1.91 bits per heavy atom. The second-order valence-corrected chi connectivity index (χ2v) is 8.37. The molecule has 14 heteroatoms. The third-order valence-electron chi connectivity index (χ3n) is 4.66. The fourth-order valence-electron chi connectivity index (χ4n) is 2.71. The van der Waals surface area contributed by atoms with Crippen LogP contribution in [0.2, 0.25) is 0 Å². The van der Waals surface area contributed by atoms with Crippen LogP contribution in [-0.4, -0.2) is 89.1 Å². The number of thioether (sulfide) groups is 1. The number of aliphatic carboxylic acids is 1. The van der Waals surface area contributed by atoms with Crippen LogP contribution in [-0.2, 0) is 24.0 Å². The van der Waals surface area contributed by atoms with E-state index in [1.165, 1.54) is 11.8 Å². The fraction of sp³-hybridized carbons (Fsp3) is 0.737. The number of nitrogens with two attached hydrogens (primary N) is 3. The molecule has 4 unspecified atom stereocenters. The molecule has 0 saturated heterocycles. The number of nitrogens with one attached hydrogen (secondary N) is 3. The SMILES string of the molecule is CSCCC(NC(=O)C(N)CCCCN)C(=O)NC(CCC(N)=O)C(=O)NC(CO)C(=O)O. The summed E-state index contributed by atoms with van der Waals surface area (Å²) in [5.74, 6) is -3.83. The average molecular weight is 493 g/mol. The van der Waals surface area contributed by atoms with Crippen molar-refractivity contribution in [1.82, 2.24) is 16.0 Å². The average Bonchev–Trinajstić information content (AvgIpc) is 2.76. The third-order valence-corrected chi connectivity index (χ3v) is 5.30. The molecule has 0 aliphatic rings. The molecule has 0 saturated carbocycles. The largest absolute Gasteiger partial charge is 0.480 e. The molecule has 4 amide bonds. The molecule has 0 aliphatic heterocycles. The number of hydrogen-bond acceptors (Lipinski definition) is 9. The Kier molecular flexibility index (Phi) is 15.9. The molecule has 0 spiro atoms. The summed E-state index contributed by atoms with van der Waals surface area (Å²) in [6, 6.07) is -4.76. The number of carboxylic acids is 1. The number of primary amides is 1. The van der Waals surface area contributed by atoms with Crippen LogP contribution < -0.4 is 33.2 Å². The van der Waals surface area contributed by atoms with E-state index in [2.05, 4.69) is 16.0 Å². The topological polar surface area (TPSA) is 240 Å². The number of carbonyl (C=O) groups is 5.